The average molecular weight is 238 g/mol. The number of hydrogen-bond donors (Lipinski definition) is 2. The molecule has 2 amide bonds. The van der Waals surface area contributed by atoms with Crippen molar-refractivity contribution in [1.82, 2.24) is 10.2 Å². The Morgan fingerprint density at radius 2 is 2.06 bits per heavy atom. The lowest BCUT2D eigenvalue weighted by molar-refractivity contribution is 0.0635. The van der Waals surface area contributed by atoms with Crippen molar-refractivity contribution in [2.45, 2.75) is 26.4 Å². The first-order valence-corrected chi connectivity index (χ1v) is 4.90. The van der Waals surface area contributed by atoms with Gasteiger partial charge in [0.05, 0.1) is 11.9 Å². The third kappa shape index (κ3) is 4.45. The molecule has 7 heteroatoms. The number of carbonyl (C=O) groups is 2. The molecule has 0 saturated carbocycles. The number of nitrogens with zero attached hydrogens (tertiary/aromatic N) is 2. The summed E-state index contributed by atoms with van der Waals surface area (Å²) in [6.07, 6.45) is 0.650. The molecule has 0 saturated heterocycles. The summed E-state index contributed by atoms with van der Waals surface area (Å²) in [7, 11) is 0. The Labute approximate surface area is 98.4 Å². The van der Waals surface area contributed by atoms with E-state index in [0.717, 1.165) is 0 Å². The van der Waals surface area contributed by atoms with Crippen LogP contribution in [-0.4, -0.2) is 27.8 Å². The lowest BCUT2D eigenvalue weighted by atomic mass is 10.2. The molecule has 0 aliphatic heterocycles. The van der Waals surface area contributed by atoms with Crippen LogP contribution in [0.1, 0.15) is 31.3 Å². The van der Waals surface area contributed by atoms with Gasteiger partial charge in [0.1, 0.15) is 5.60 Å². The minimum atomic E-state index is -0.717. The fraction of sp³-hybridized carbons (Fsp3) is 0.400. The number of carbonyl (C=O) groups excluding carboxylic acids is 2. The second kappa shape index (κ2) is 4.77. The molecule has 17 heavy (non-hydrogen) atoms. The SMILES string of the molecule is CC(C)(C)OC(=O)Nc1cnnc(C(N)=O)c1. The fourth-order valence-electron chi connectivity index (χ4n) is 0.977. The van der Waals surface area contributed by atoms with E-state index in [1.165, 1.54) is 12.3 Å². The molecule has 0 unspecified atom stereocenters. The number of nitrogens with one attached hydrogen (secondary N) is 1. The molecule has 0 bridgehead atoms. The normalized spacial score (nSPS) is 10.8. The summed E-state index contributed by atoms with van der Waals surface area (Å²) in [4.78, 5) is 22.3. The van der Waals surface area contributed by atoms with Crippen LogP contribution in [0.3, 0.4) is 0 Å². The molecule has 92 valence electrons. The Morgan fingerprint density at radius 3 is 2.59 bits per heavy atom. The van der Waals surface area contributed by atoms with E-state index in [9.17, 15) is 9.59 Å². The van der Waals surface area contributed by atoms with Gasteiger partial charge in [0.15, 0.2) is 5.69 Å². The van der Waals surface area contributed by atoms with Gasteiger partial charge < -0.3 is 10.5 Å². The number of primary amides is 1. The van der Waals surface area contributed by atoms with E-state index < -0.39 is 17.6 Å². The van der Waals surface area contributed by atoms with E-state index in [4.69, 9.17) is 10.5 Å². The van der Waals surface area contributed by atoms with E-state index >= 15 is 0 Å². The van der Waals surface area contributed by atoms with Crippen LogP contribution in [-0.2, 0) is 4.74 Å². The van der Waals surface area contributed by atoms with Crippen molar-refractivity contribution >= 4 is 17.7 Å². The molecule has 1 aromatic rings. The summed E-state index contributed by atoms with van der Waals surface area (Å²) in [6, 6.07) is 1.32. The van der Waals surface area contributed by atoms with Gasteiger partial charge in [-0.15, -0.1) is 5.10 Å². The van der Waals surface area contributed by atoms with Gasteiger partial charge in [0.2, 0.25) is 0 Å². The molecule has 0 aliphatic carbocycles. The summed E-state index contributed by atoms with van der Waals surface area (Å²) in [5.74, 6) is -0.717. The fourth-order valence-corrected chi connectivity index (χ4v) is 0.977. The molecular formula is C10H14N4O3. The predicted octanol–water partition coefficient (Wildman–Crippen LogP) is 0.922. The Morgan fingerprint density at radius 1 is 1.41 bits per heavy atom. The van der Waals surface area contributed by atoms with Crippen molar-refractivity contribution < 1.29 is 14.3 Å². The molecule has 1 aromatic heterocycles. The highest BCUT2D eigenvalue weighted by molar-refractivity contribution is 5.92. The van der Waals surface area contributed by atoms with Gasteiger partial charge in [-0.25, -0.2) is 4.79 Å². The van der Waals surface area contributed by atoms with Crippen molar-refractivity contribution in [1.29, 1.82) is 0 Å². The first kappa shape index (κ1) is 12.9. The molecule has 0 aromatic carbocycles. The van der Waals surface area contributed by atoms with Crippen LogP contribution in [0.4, 0.5) is 10.5 Å². The van der Waals surface area contributed by atoms with Crippen molar-refractivity contribution in [3.8, 4) is 0 Å². The first-order chi connectivity index (χ1) is 7.78. The molecule has 0 atom stereocenters. The van der Waals surface area contributed by atoms with Crippen LogP contribution in [0, 0.1) is 0 Å². The molecule has 1 heterocycles. The monoisotopic (exact) mass is 238 g/mol. The average Bonchev–Trinajstić information content (AvgIpc) is 2.14. The van der Waals surface area contributed by atoms with Crippen molar-refractivity contribution in [2.75, 3.05) is 5.32 Å². The zero-order chi connectivity index (χ0) is 13.1. The minimum absolute atomic E-state index is 0.0291. The van der Waals surface area contributed by atoms with Crippen LogP contribution in [0.15, 0.2) is 12.3 Å². The Kier molecular flexibility index (Phi) is 3.62. The second-order valence-corrected chi connectivity index (χ2v) is 4.32. The molecule has 7 nitrogen and oxygen atoms in total. The molecular weight excluding hydrogens is 224 g/mol. The highest BCUT2D eigenvalue weighted by Gasteiger charge is 2.16. The third-order valence-corrected chi connectivity index (χ3v) is 1.55. The smallest absolute Gasteiger partial charge is 0.412 e. The van der Waals surface area contributed by atoms with Crippen molar-refractivity contribution in [2.24, 2.45) is 5.73 Å². The second-order valence-electron chi connectivity index (χ2n) is 4.32. The summed E-state index contributed by atoms with van der Waals surface area (Å²) < 4.78 is 5.03. The van der Waals surface area contributed by atoms with E-state index in [1.54, 1.807) is 20.8 Å². The lowest BCUT2D eigenvalue weighted by Gasteiger charge is -2.19. The number of ether oxygens (including phenoxy) is 1. The molecule has 0 radical (unpaired) electrons. The van der Waals surface area contributed by atoms with Crippen LogP contribution in [0.5, 0.6) is 0 Å². The highest BCUT2D eigenvalue weighted by atomic mass is 16.6. The number of anilines is 1. The number of aromatic nitrogens is 2. The molecule has 3 N–H and O–H groups in total. The topological polar surface area (TPSA) is 107 Å². The third-order valence-electron chi connectivity index (χ3n) is 1.55. The van der Waals surface area contributed by atoms with E-state index in [-0.39, 0.29) is 5.69 Å². The molecule has 0 fully saturated rings. The molecule has 1 rings (SSSR count). The maximum Gasteiger partial charge on any atom is 0.412 e. The standard InChI is InChI=1S/C10H14N4O3/c1-10(2,3)17-9(16)13-6-4-7(8(11)15)14-12-5-6/h4-5H,1-3H3,(H2,11,15)(H,13,14,16). The molecule has 0 spiro atoms. The van der Waals surface area contributed by atoms with Gasteiger partial charge in [0, 0.05) is 0 Å². The number of rotatable bonds is 2. The van der Waals surface area contributed by atoms with Gasteiger partial charge in [-0.1, -0.05) is 0 Å². The van der Waals surface area contributed by atoms with Crippen LogP contribution >= 0.6 is 0 Å². The lowest BCUT2D eigenvalue weighted by Crippen LogP contribution is -2.27. The summed E-state index contributed by atoms with van der Waals surface area (Å²) in [5, 5.41) is 9.46. The van der Waals surface area contributed by atoms with Gasteiger partial charge in [0.25, 0.3) is 5.91 Å². The first-order valence-electron chi connectivity index (χ1n) is 4.90. The van der Waals surface area contributed by atoms with Gasteiger partial charge >= 0.3 is 6.09 Å². The quantitative estimate of drug-likeness (QED) is 0.796. The predicted molar refractivity (Wildman–Crippen MR) is 60.4 cm³/mol. The Hall–Kier alpha value is -2.18. The minimum Gasteiger partial charge on any atom is -0.444 e. The van der Waals surface area contributed by atoms with E-state index in [2.05, 4.69) is 15.5 Å². The summed E-state index contributed by atoms with van der Waals surface area (Å²) in [6.45, 7) is 5.23. The van der Waals surface area contributed by atoms with Gasteiger partial charge in [-0.05, 0) is 26.8 Å². The maximum absolute atomic E-state index is 11.4. The maximum atomic E-state index is 11.4. The van der Waals surface area contributed by atoms with E-state index in [1.807, 2.05) is 0 Å². The van der Waals surface area contributed by atoms with Gasteiger partial charge in [-0.3, -0.25) is 10.1 Å². The highest BCUT2D eigenvalue weighted by Crippen LogP contribution is 2.11. The van der Waals surface area contributed by atoms with Crippen molar-refractivity contribution in [3.63, 3.8) is 0 Å². The Balaban J connectivity index is 2.72. The van der Waals surface area contributed by atoms with Crippen LogP contribution in [0.2, 0.25) is 0 Å². The molecule has 0 aliphatic rings. The Bertz CT molecular complexity index is 439. The largest absolute Gasteiger partial charge is 0.444 e. The number of amides is 2. The number of hydrogen-bond acceptors (Lipinski definition) is 5. The zero-order valence-electron chi connectivity index (χ0n) is 9.85. The van der Waals surface area contributed by atoms with Crippen molar-refractivity contribution in [3.05, 3.63) is 18.0 Å². The summed E-state index contributed by atoms with van der Waals surface area (Å²) >= 11 is 0. The number of nitrogens with two attached hydrogens (primary N) is 1. The zero-order valence-corrected chi connectivity index (χ0v) is 9.85. The van der Waals surface area contributed by atoms with Gasteiger partial charge in [-0.2, -0.15) is 5.10 Å². The van der Waals surface area contributed by atoms with Crippen LogP contribution in [0.25, 0.3) is 0 Å². The van der Waals surface area contributed by atoms with Crippen LogP contribution < -0.4 is 11.1 Å². The summed E-state index contributed by atoms with van der Waals surface area (Å²) in [5.41, 5.74) is 4.70. The van der Waals surface area contributed by atoms with E-state index in [0.29, 0.717) is 5.69 Å².